The molecule has 2 rings (SSSR count). The molecule has 2 bridgehead atoms. The molecule has 0 aromatic heterocycles. The lowest BCUT2D eigenvalue weighted by Crippen LogP contribution is -2.44. The summed E-state index contributed by atoms with van der Waals surface area (Å²) in [4.78, 5) is 24.3. The van der Waals surface area contributed by atoms with Crippen molar-refractivity contribution in [2.75, 3.05) is 14.2 Å². The molecule has 0 aliphatic carbocycles. The van der Waals surface area contributed by atoms with Crippen LogP contribution in [-0.4, -0.2) is 37.9 Å². The normalized spacial score (nSPS) is 31.9. The topological polar surface area (TPSA) is 61.8 Å². The Morgan fingerprint density at radius 1 is 1.23 bits per heavy atom. The number of unbranched alkanes of at least 4 members (excludes halogenated alkanes) is 1. The summed E-state index contributed by atoms with van der Waals surface area (Å²) in [5, 5.41) is 0. The fraction of sp³-hybridized carbons (Fsp3) is 0.647. The highest BCUT2D eigenvalue weighted by Gasteiger charge is 2.62. The lowest BCUT2D eigenvalue weighted by atomic mass is 9.73. The Hall–Kier alpha value is -1.62. The van der Waals surface area contributed by atoms with E-state index in [-0.39, 0.29) is 0 Å². The third kappa shape index (κ3) is 2.95. The predicted octanol–water partition coefficient (Wildman–Crippen LogP) is 2.41. The van der Waals surface area contributed by atoms with Gasteiger partial charge in [-0.1, -0.05) is 23.8 Å². The van der Waals surface area contributed by atoms with Crippen molar-refractivity contribution in [2.24, 2.45) is 11.8 Å². The van der Waals surface area contributed by atoms with Crippen LogP contribution in [0.2, 0.25) is 0 Å². The number of carbonyl (C=O) groups excluding carboxylic acids is 2. The lowest BCUT2D eigenvalue weighted by Gasteiger charge is -2.30. The molecule has 0 amide bonds. The second kappa shape index (κ2) is 6.65. The summed E-state index contributed by atoms with van der Waals surface area (Å²) >= 11 is 0. The zero-order valence-electron chi connectivity index (χ0n) is 13.6. The molecule has 0 spiro atoms. The number of allylic oxidation sites excluding steroid dienone is 2. The van der Waals surface area contributed by atoms with Gasteiger partial charge in [-0.05, 0) is 33.1 Å². The van der Waals surface area contributed by atoms with Crippen molar-refractivity contribution in [1.29, 1.82) is 0 Å². The van der Waals surface area contributed by atoms with Gasteiger partial charge in [-0.2, -0.15) is 0 Å². The molecule has 2 aliphatic rings. The van der Waals surface area contributed by atoms with E-state index < -0.39 is 35.5 Å². The first-order valence-corrected chi connectivity index (χ1v) is 7.61. The minimum absolute atomic E-state index is 0.403. The first kappa shape index (κ1) is 16.7. The van der Waals surface area contributed by atoms with Gasteiger partial charge in [-0.25, -0.2) is 0 Å². The Balaban J connectivity index is 2.18. The van der Waals surface area contributed by atoms with E-state index in [9.17, 15) is 9.59 Å². The average molecular weight is 308 g/mol. The quantitative estimate of drug-likeness (QED) is 0.428. The molecule has 5 nitrogen and oxygen atoms in total. The van der Waals surface area contributed by atoms with Crippen LogP contribution in [0.4, 0.5) is 0 Å². The summed E-state index contributed by atoms with van der Waals surface area (Å²) in [6.07, 6.45) is 8.01. The van der Waals surface area contributed by atoms with E-state index in [1.807, 2.05) is 12.2 Å². The van der Waals surface area contributed by atoms with Crippen LogP contribution in [0.3, 0.4) is 0 Å². The van der Waals surface area contributed by atoms with Gasteiger partial charge in [0.05, 0.1) is 20.3 Å². The highest BCUT2D eigenvalue weighted by molar-refractivity contribution is 5.85. The molecule has 2 heterocycles. The molecule has 0 saturated carbocycles. The first-order valence-electron chi connectivity index (χ1n) is 7.61. The van der Waals surface area contributed by atoms with E-state index in [0.29, 0.717) is 6.42 Å². The summed E-state index contributed by atoms with van der Waals surface area (Å²) in [7, 11) is 2.66. The maximum absolute atomic E-state index is 12.2. The van der Waals surface area contributed by atoms with Gasteiger partial charge >= 0.3 is 11.9 Å². The van der Waals surface area contributed by atoms with E-state index in [1.54, 1.807) is 0 Å². The highest BCUT2D eigenvalue weighted by Crippen LogP contribution is 2.50. The second-order valence-corrected chi connectivity index (χ2v) is 6.12. The Bertz CT molecular complexity index is 503. The standard InChI is InChI=1S/C17H24O5/c1-11(2)7-5-6-9-17-10-8-12(22-17)13(15(18)20-3)14(17)16(19)21-4/h7-8,10,12-14H,5-6,9H2,1-4H3/t12-,13-,14+,17+/m1/s1. The Labute approximate surface area is 131 Å². The van der Waals surface area contributed by atoms with Gasteiger partial charge in [0.15, 0.2) is 0 Å². The van der Waals surface area contributed by atoms with Crippen LogP contribution in [0.1, 0.15) is 33.1 Å². The third-order valence-corrected chi connectivity index (χ3v) is 4.42. The zero-order chi connectivity index (χ0) is 16.3. The van der Waals surface area contributed by atoms with Crippen molar-refractivity contribution < 1.29 is 23.8 Å². The molecule has 0 aromatic rings. The largest absolute Gasteiger partial charge is 0.469 e. The van der Waals surface area contributed by atoms with Crippen LogP contribution in [0, 0.1) is 11.8 Å². The Morgan fingerprint density at radius 2 is 1.91 bits per heavy atom. The highest BCUT2D eigenvalue weighted by atomic mass is 16.6. The van der Waals surface area contributed by atoms with E-state index >= 15 is 0 Å². The molecule has 1 saturated heterocycles. The zero-order valence-corrected chi connectivity index (χ0v) is 13.6. The van der Waals surface area contributed by atoms with Crippen LogP contribution in [0.5, 0.6) is 0 Å². The Kier molecular flexibility index (Phi) is 5.06. The summed E-state index contributed by atoms with van der Waals surface area (Å²) in [5.41, 5.74) is 0.521. The number of hydrogen-bond donors (Lipinski definition) is 0. The van der Waals surface area contributed by atoms with E-state index in [4.69, 9.17) is 14.2 Å². The maximum atomic E-state index is 12.2. The molecule has 22 heavy (non-hydrogen) atoms. The van der Waals surface area contributed by atoms with Crippen LogP contribution < -0.4 is 0 Å². The minimum Gasteiger partial charge on any atom is -0.469 e. The van der Waals surface area contributed by atoms with Gasteiger partial charge in [-0.15, -0.1) is 0 Å². The summed E-state index contributed by atoms with van der Waals surface area (Å²) in [6, 6.07) is 0. The number of fused-ring (bicyclic) bond motifs is 2. The average Bonchev–Trinajstić information content (AvgIpc) is 3.06. The van der Waals surface area contributed by atoms with Crippen molar-refractivity contribution in [3.05, 3.63) is 23.8 Å². The maximum Gasteiger partial charge on any atom is 0.312 e. The van der Waals surface area contributed by atoms with E-state index in [0.717, 1.165) is 12.8 Å². The van der Waals surface area contributed by atoms with Crippen molar-refractivity contribution in [3.8, 4) is 0 Å². The molecule has 2 aliphatic heterocycles. The van der Waals surface area contributed by atoms with Gasteiger partial charge in [0.2, 0.25) is 0 Å². The van der Waals surface area contributed by atoms with Gasteiger partial charge in [0, 0.05) is 0 Å². The van der Waals surface area contributed by atoms with Crippen molar-refractivity contribution in [3.63, 3.8) is 0 Å². The summed E-state index contributed by atoms with van der Waals surface area (Å²) in [5.74, 6) is -2.09. The van der Waals surface area contributed by atoms with Crippen LogP contribution in [0.25, 0.3) is 0 Å². The van der Waals surface area contributed by atoms with E-state index in [2.05, 4.69) is 19.9 Å². The van der Waals surface area contributed by atoms with Crippen molar-refractivity contribution >= 4 is 11.9 Å². The van der Waals surface area contributed by atoms with Gasteiger partial charge in [0.1, 0.15) is 17.4 Å². The fourth-order valence-corrected chi connectivity index (χ4v) is 3.40. The molecular formula is C17H24O5. The predicted molar refractivity (Wildman–Crippen MR) is 81.0 cm³/mol. The van der Waals surface area contributed by atoms with Gasteiger partial charge < -0.3 is 14.2 Å². The molecule has 4 atom stereocenters. The molecule has 5 heteroatoms. The number of methoxy groups -OCH3 is 2. The van der Waals surface area contributed by atoms with Crippen LogP contribution >= 0.6 is 0 Å². The molecule has 0 radical (unpaired) electrons. The molecular weight excluding hydrogens is 284 g/mol. The monoisotopic (exact) mass is 308 g/mol. The smallest absolute Gasteiger partial charge is 0.312 e. The molecule has 0 N–H and O–H groups in total. The minimum atomic E-state index is -0.744. The number of esters is 2. The van der Waals surface area contributed by atoms with Crippen molar-refractivity contribution in [2.45, 2.75) is 44.8 Å². The number of hydrogen-bond acceptors (Lipinski definition) is 5. The molecule has 1 fully saturated rings. The fourth-order valence-electron chi connectivity index (χ4n) is 3.40. The second-order valence-electron chi connectivity index (χ2n) is 6.12. The number of ether oxygens (including phenoxy) is 3. The third-order valence-electron chi connectivity index (χ3n) is 4.42. The first-order chi connectivity index (χ1) is 10.4. The number of carbonyl (C=O) groups is 2. The molecule has 0 aromatic carbocycles. The summed E-state index contributed by atoms with van der Waals surface area (Å²) in [6.45, 7) is 4.11. The van der Waals surface area contributed by atoms with Gasteiger partial charge in [0.25, 0.3) is 0 Å². The van der Waals surface area contributed by atoms with E-state index in [1.165, 1.54) is 19.8 Å². The van der Waals surface area contributed by atoms with Crippen LogP contribution in [-0.2, 0) is 23.8 Å². The molecule has 122 valence electrons. The SMILES string of the molecule is COC(=O)[C@H]1[C@@H](C(=O)OC)[C@]2(CCCC=C(C)C)C=C[C@H]1O2. The lowest BCUT2D eigenvalue weighted by molar-refractivity contribution is -0.158. The number of rotatable bonds is 6. The summed E-state index contributed by atoms with van der Waals surface area (Å²) < 4.78 is 15.8. The van der Waals surface area contributed by atoms with Crippen LogP contribution in [0.15, 0.2) is 23.8 Å². The van der Waals surface area contributed by atoms with Crippen molar-refractivity contribution in [1.82, 2.24) is 0 Å². The molecule has 0 unspecified atom stereocenters. The Morgan fingerprint density at radius 3 is 2.50 bits per heavy atom. The van der Waals surface area contributed by atoms with Gasteiger partial charge in [-0.3, -0.25) is 9.59 Å².